The third-order valence-electron chi connectivity index (χ3n) is 1.03. The van der Waals surface area contributed by atoms with Gasteiger partial charge in [-0.05, 0) is 13.0 Å². The number of rotatable bonds is 6. The quantitative estimate of drug-likeness (QED) is 0.306. The van der Waals surface area contributed by atoms with Gasteiger partial charge in [0.15, 0.2) is 6.61 Å². The summed E-state index contributed by atoms with van der Waals surface area (Å²) in [5.74, 6) is -1.15. The van der Waals surface area contributed by atoms with Crippen molar-refractivity contribution in [3.8, 4) is 0 Å². The number of hydrogen-bond acceptors (Lipinski definition) is 4. The molecule has 0 aliphatic carbocycles. The molecule has 0 aromatic heterocycles. The zero-order valence-corrected chi connectivity index (χ0v) is 7.08. The molecule has 0 aliphatic rings. The molecule has 0 aromatic carbocycles. The predicted molar refractivity (Wildman–Crippen MR) is 43.8 cm³/mol. The Bertz CT molecular complexity index is 173. The number of carboxylic acids is 1. The van der Waals surface area contributed by atoms with E-state index in [2.05, 4.69) is 10.2 Å². The van der Waals surface area contributed by atoms with E-state index < -0.39 is 18.6 Å². The van der Waals surface area contributed by atoms with Crippen LogP contribution in [0.1, 0.15) is 6.42 Å². The van der Waals surface area contributed by atoms with Crippen LogP contribution in [0.2, 0.25) is 0 Å². The van der Waals surface area contributed by atoms with E-state index in [0.29, 0.717) is 19.5 Å². The first kappa shape index (κ1) is 11.7. The molecular weight excluding hydrogens is 178 g/mol. The first-order chi connectivity index (χ1) is 6.16. The van der Waals surface area contributed by atoms with Crippen LogP contribution in [0.5, 0.6) is 0 Å². The van der Waals surface area contributed by atoms with Crippen molar-refractivity contribution in [2.45, 2.75) is 6.42 Å². The molecule has 76 valence electrons. The van der Waals surface area contributed by atoms with Crippen molar-refractivity contribution in [2.75, 3.05) is 19.7 Å². The first-order valence-electron chi connectivity index (χ1n) is 3.74. The molecule has 13 heavy (non-hydrogen) atoms. The summed E-state index contributed by atoms with van der Waals surface area (Å²) in [6.45, 7) is 0.347. The van der Waals surface area contributed by atoms with E-state index in [1.165, 1.54) is 0 Å². The van der Waals surface area contributed by atoms with Crippen molar-refractivity contribution in [1.29, 1.82) is 0 Å². The highest BCUT2D eigenvalue weighted by atomic mass is 16.7. The molecule has 7 heteroatoms. The Labute approximate surface area is 75.2 Å². The van der Waals surface area contributed by atoms with Crippen molar-refractivity contribution < 1.29 is 19.5 Å². The largest absolute Gasteiger partial charge is 0.479 e. The first-order valence-corrected chi connectivity index (χ1v) is 3.74. The van der Waals surface area contributed by atoms with Crippen LogP contribution >= 0.6 is 0 Å². The number of carbonyl (C=O) groups excluding carboxylic acids is 1. The lowest BCUT2D eigenvalue weighted by Gasteiger charge is -2.04. The fourth-order valence-corrected chi connectivity index (χ4v) is 0.503. The molecule has 0 unspecified atom stereocenters. The highest BCUT2D eigenvalue weighted by Gasteiger charge is 2.00. The summed E-state index contributed by atoms with van der Waals surface area (Å²) in [6.07, 6.45) is 0.659. The number of urea groups is 1. The Kier molecular flexibility index (Phi) is 6.56. The number of aliphatic carboxylic acids is 1. The zero-order chi connectivity index (χ0) is 10.1. The van der Waals surface area contributed by atoms with Crippen molar-refractivity contribution in [2.24, 2.45) is 5.73 Å². The topological polar surface area (TPSA) is 114 Å². The summed E-state index contributed by atoms with van der Waals surface area (Å²) >= 11 is 0. The summed E-state index contributed by atoms with van der Waals surface area (Å²) in [4.78, 5) is 24.9. The van der Waals surface area contributed by atoms with Crippen LogP contribution in [-0.2, 0) is 9.63 Å². The average Bonchev–Trinajstić information content (AvgIpc) is 2.04. The summed E-state index contributed by atoms with van der Waals surface area (Å²) in [5.41, 5.74) is 7.08. The van der Waals surface area contributed by atoms with Gasteiger partial charge in [0.2, 0.25) is 0 Å². The predicted octanol–water partition coefficient (Wildman–Crippen LogP) is -1.35. The van der Waals surface area contributed by atoms with Crippen LogP contribution in [-0.4, -0.2) is 36.8 Å². The summed E-state index contributed by atoms with van der Waals surface area (Å²) in [5, 5.41) is 10.5. The maximum Gasteiger partial charge on any atom is 0.338 e. The van der Waals surface area contributed by atoms with Gasteiger partial charge in [0.1, 0.15) is 0 Å². The Morgan fingerprint density at radius 3 is 2.69 bits per heavy atom. The lowest BCUT2D eigenvalue weighted by Crippen LogP contribution is -2.37. The van der Waals surface area contributed by atoms with E-state index in [1.807, 2.05) is 5.48 Å². The third kappa shape index (κ3) is 8.57. The number of carbonyl (C=O) groups is 2. The van der Waals surface area contributed by atoms with Gasteiger partial charge in [0, 0.05) is 6.54 Å². The van der Waals surface area contributed by atoms with Gasteiger partial charge in [-0.15, -0.1) is 0 Å². The third-order valence-corrected chi connectivity index (χ3v) is 1.03. The molecule has 0 fully saturated rings. The van der Waals surface area contributed by atoms with Gasteiger partial charge in [-0.2, -0.15) is 0 Å². The van der Waals surface area contributed by atoms with E-state index in [-0.39, 0.29) is 0 Å². The molecule has 0 saturated heterocycles. The zero-order valence-electron chi connectivity index (χ0n) is 7.08. The lowest BCUT2D eigenvalue weighted by atomic mass is 10.4. The maximum absolute atomic E-state index is 10.7. The second kappa shape index (κ2) is 7.32. The molecule has 0 spiro atoms. The molecular formula is C6H13N3O4. The minimum Gasteiger partial charge on any atom is -0.479 e. The van der Waals surface area contributed by atoms with Crippen LogP contribution in [0.3, 0.4) is 0 Å². The fourth-order valence-electron chi connectivity index (χ4n) is 0.503. The van der Waals surface area contributed by atoms with Crippen LogP contribution in [0, 0.1) is 0 Å². The van der Waals surface area contributed by atoms with Gasteiger partial charge in [-0.25, -0.2) is 15.1 Å². The van der Waals surface area contributed by atoms with E-state index >= 15 is 0 Å². The van der Waals surface area contributed by atoms with Gasteiger partial charge in [0.25, 0.3) is 0 Å². The molecule has 0 heterocycles. The standard InChI is InChI=1S/C6H13N3O4/c7-2-1-3-8-6(12)9-13-4-5(10)11/h1-4,7H2,(H,10,11)(H2,8,9,12). The number of nitrogens with one attached hydrogen (secondary N) is 2. The van der Waals surface area contributed by atoms with Gasteiger partial charge in [0.05, 0.1) is 0 Å². The van der Waals surface area contributed by atoms with E-state index in [1.54, 1.807) is 0 Å². The SMILES string of the molecule is NCCCNC(=O)NOCC(=O)O. The van der Waals surface area contributed by atoms with E-state index in [9.17, 15) is 9.59 Å². The van der Waals surface area contributed by atoms with E-state index in [4.69, 9.17) is 10.8 Å². The average molecular weight is 191 g/mol. The van der Waals surface area contributed by atoms with Crippen LogP contribution < -0.4 is 16.5 Å². The second-order valence-corrected chi connectivity index (χ2v) is 2.18. The Balaban J connectivity index is 3.25. The van der Waals surface area contributed by atoms with Gasteiger partial charge < -0.3 is 16.2 Å². The monoisotopic (exact) mass is 191 g/mol. The second-order valence-electron chi connectivity index (χ2n) is 2.18. The van der Waals surface area contributed by atoms with Crippen molar-refractivity contribution >= 4 is 12.0 Å². The van der Waals surface area contributed by atoms with Crippen molar-refractivity contribution in [1.82, 2.24) is 10.8 Å². The Hall–Kier alpha value is -1.34. The number of amides is 2. The summed E-state index contributed by atoms with van der Waals surface area (Å²) < 4.78 is 0. The highest BCUT2D eigenvalue weighted by Crippen LogP contribution is 1.72. The number of nitrogens with two attached hydrogens (primary N) is 1. The molecule has 0 rings (SSSR count). The van der Waals surface area contributed by atoms with Crippen LogP contribution in [0.25, 0.3) is 0 Å². The van der Waals surface area contributed by atoms with Crippen molar-refractivity contribution in [3.63, 3.8) is 0 Å². The number of hydroxylamine groups is 1. The summed E-state index contributed by atoms with van der Waals surface area (Å²) in [6, 6.07) is -0.574. The molecule has 0 aromatic rings. The summed E-state index contributed by atoms with van der Waals surface area (Å²) in [7, 11) is 0. The molecule has 2 amide bonds. The van der Waals surface area contributed by atoms with Gasteiger partial charge in [-0.1, -0.05) is 0 Å². The molecule has 7 nitrogen and oxygen atoms in total. The van der Waals surface area contributed by atoms with Gasteiger partial charge >= 0.3 is 12.0 Å². The Morgan fingerprint density at radius 1 is 1.46 bits per heavy atom. The van der Waals surface area contributed by atoms with Gasteiger partial charge in [-0.3, -0.25) is 4.84 Å². The molecule has 0 saturated carbocycles. The lowest BCUT2D eigenvalue weighted by molar-refractivity contribution is -0.144. The fraction of sp³-hybridized carbons (Fsp3) is 0.667. The van der Waals surface area contributed by atoms with Crippen LogP contribution in [0.15, 0.2) is 0 Å². The smallest absolute Gasteiger partial charge is 0.338 e. The van der Waals surface area contributed by atoms with Crippen molar-refractivity contribution in [3.05, 3.63) is 0 Å². The molecule has 0 atom stereocenters. The molecule has 0 aliphatic heterocycles. The molecule has 5 N–H and O–H groups in total. The van der Waals surface area contributed by atoms with Crippen LogP contribution in [0.4, 0.5) is 4.79 Å². The minimum atomic E-state index is -1.15. The number of hydrogen-bond donors (Lipinski definition) is 4. The maximum atomic E-state index is 10.7. The Morgan fingerprint density at radius 2 is 2.15 bits per heavy atom. The minimum absolute atomic E-state index is 0.429. The molecule has 0 radical (unpaired) electrons. The number of carboxylic acid groups (broad SMARTS) is 1. The molecule has 0 bridgehead atoms. The van der Waals surface area contributed by atoms with E-state index in [0.717, 1.165) is 0 Å². The normalized spacial score (nSPS) is 9.31. The highest BCUT2D eigenvalue weighted by molar-refractivity contribution is 5.73.